The summed E-state index contributed by atoms with van der Waals surface area (Å²) in [6.45, 7) is 0. The van der Waals surface area contributed by atoms with Crippen molar-refractivity contribution in [3.05, 3.63) is 30.9 Å². The number of rotatable bonds is 5. The summed E-state index contributed by atoms with van der Waals surface area (Å²) in [7, 11) is 3.42. The van der Waals surface area contributed by atoms with E-state index in [1.165, 1.54) is 0 Å². The van der Waals surface area contributed by atoms with Gasteiger partial charge in [-0.25, -0.2) is 4.98 Å². The zero-order chi connectivity index (χ0) is 19.8. The molecule has 0 radical (unpaired) electrons. The second-order valence-electron chi connectivity index (χ2n) is 7.37. The summed E-state index contributed by atoms with van der Waals surface area (Å²) in [6.07, 6.45) is 10.1. The molecule has 0 aliphatic heterocycles. The molecule has 3 N–H and O–H groups in total. The first-order chi connectivity index (χ1) is 14.2. The Morgan fingerprint density at radius 2 is 1.97 bits per heavy atom. The Kier molecular flexibility index (Phi) is 4.51. The maximum absolute atomic E-state index is 5.63. The fourth-order valence-corrected chi connectivity index (χ4v) is 4.08. The van der Waals surface area contributed by atoms with Gasteiger partial charge in [0.15, 0.2) is 0 Å². The predicted molar refractivity (Wildman–Crippen MR) is 108 cm³/mol. The lowest BCUT2D eigenvalue weighted by Gasteiger charge is -2.28. The normalized spacial score (nSPS) is 19.7. The van der Waals surface area contributed by atoms with Gasteiger partial charge in [0, 0.05) is 36.5 Å². The minimum absolute atomic E-state index is 0.344. The zero-order valence-electron chi connectivity index (χ0n) is 16.5. The molecule has 1 saturated carbocycles. The van der Waals surface area contributed by atoms with Gasteiger partial charge in [0.05, 0.1) is 18.6 Å². The number of pyridine rings is 1. The average molecular weight is 394 g/mol. The average Bonchev–Trinajstić information content (AvgIpc) is 3.40. The Balaban J connectivity index is 1.47. The van der Waals surface area contributed by atoms with Crippen LogP contribution in [0.5, 0.6) is 5.88 Å². The number of fused-ring (bicyclic) bond motifs is 2. The molecule has 29 heavy (non-hydrogen) atoms. The number of nitrogens with zero attached hydrogens (tertiary/aromatic N) is 4. The van der Waals surface area contributed by atoms with Gasteiger partial charge in [-0.15, -0.1) is 4.52 Å². The minimum Gasteiger partial charge on any atom is -0.480 e. The standard InChI is InChI=1S/C20H23N7O2/c1-28-14-6-4-13(5-7-14)24-20-25-18-17(19(26-20)29-2)15(9-21-18)12-3-8-16-22-11-23-27(16)10-12/h3,8-11,13-14H,4-7H2,1-2H3,(H2,21,24,25,26)/p+1/t13-,14+. The third kappa shape index (κ3) is 3.27. The number of aromatic amines is 2. The number of hydrogen-bond donors (Lipinski definition) is 3. The van der Waals surface area contributed by atoms with Crippen molar-refractivity contribution in [2.45, 2.75) is 37.8 Å². The van der Waals surface area contributed by atoms with E-state index in [4.69, 9.17) is 14.5 Å². The van der Waals surface area contributed by atoms with Crippen LogP contribution in [0.15, 0.2) is 30.9 Å². The van der Waals surface area contributed by atoms with Gasteiger partial charge < -0.3 is 19.8 Å². The monoisotopic (exact) mass is 394 g/mol. The molecule has 1 fully saturated rings. The molecule has 5 rings (SSSR count). The van der Waals surface area contributed by atoms with Crippen LogP contribution in [0.25, 0.3) is 27.8 Å². The number of nitrogens with one attached hydrogen (secondary N) is 3. The van der Waals surface area contributed by atoms with E-state index < -0.39 is 0 Å². The number of methoxy groups -OCH3 is 2. The molecule has 0 unspecified atom stereocenters. The van der Waals surface area contributed by atoms with Crippen molar-refractivity contribution in [3.63, 3.8) is 0 Å². The molecule has 4 aromatic heterocycles. The molecular formula is C20H24N7O2+. The maximum atomic E-state index is 5.63. The highest BCUT2D eigenvalue weighted by Gasteiger charge is 2.23. The third-order valence-corrected chi connectivity index (χ3v) is 5.67. The SMILES string of the molecule is COc1nc(N[C@H]2CC[C@@H](OC)CC2)nc2[nH]cc(-c3ccc4[nH]cn[n+]4c3)c12. The Morgan fingerprint density at radius 1 is 1.10 bits per heavy atom. The van der Waals surface area contributed by atoms with E-state index in [1.807, 2.05) is 24.5 Å². The Labute approximate surface area is 167 Å². The van der Waals surface area contributed by atoms with Crippen molar-refractivity contribution >= 4 is 22.6 Å². The Morgan fingerprint density at radius 3 is 2.76 bits per heavy atom. The van der Waals surface area contributed by atoms with Crippen molar-refractivity contribution in [1.82, 2.24) is 25.0 Å². The molecule has 0 spiro atoms. The summed E-state index contributed by atoms with van der Waals surface area (Å²) in [5.41, 5.74) is 3.64. The summed E-state index contributed by atoms with van der Waals surface area (Å²) >= 11 is 0. The summed E-state index contributed by atoms with van der Waals surface area (Å²) < 4.78 is 12.9. The van der Waals surface area contributed by atoms with E-state index in [0.717, 1.165) is 53.5 Å². The molecule has 1 aliphatic carbocycles. The third-order valence-electron chi connectivity index (χ3n) is 5.67. The van der Waals surface area contributed by atoms with Crippen molar-refractivity contribution < 1.29 is 14.0 Å². The Bertz CT molecular complexity index is 1140. The fraction of sp³-hybridized carbons (Fsp3) is 0.400. The molecule has 0 aromatic carbocycles. The molecule has 0 atom stereocenters. The molecule has 0 saturated heterocycles. The second-order valence-corrected chi connectivity index (χ2v) is 7.37. The van der Waals surface area contributed by atoms with E-state index in [-0.39, 0.29) is 0 Å². The highest BCUT2D eigenvalue weighted by Crippen LogP contribution is 2.34. The summed E-state index contributed by atoms with van der Waals surface area (Å²) in [5, 5.41) is 8.60. The van der Waals surface area contributed by atoms with Crippen LogP contribution >= 0.6 is 0 Å². The summed E-state index contributed by atoms with van der Waals surface area (Å²) in [4.78, 5) is 15.7. The lowest BCUT2D eigenvalue weighted by Crippen LogP contribution is -2.29. The van der Waals surface area contributed by atoms with E-state index in [0.29, 0.717) is 24.0 Å². The second kappa shape index (κ2) is 7.32. The number of hydrogen-bond acceptors (Lipinski definition) is 6. The van der Waals surface area contributed by atoms with Crippen LogP contribution in [0.3, 0.4) is 0 Å². The van der Waals surface area contributed by atoms with Gasteiger partial charge in [-0.05, 0) is 36.8 Å². The molecule has 0 bridgehead atoms. The van der Waals surface area contributed by atoms with Gasteiger partial charge in [0.25, 0.3) is 0 Å². The number of H-pyrrole nitrogens is 2. The van der Waals surface area contributed by atoms with E-state index in [9.17, 15) is 0 Å². The number of aromatic nitrogens is 6. The molecule has 4 heterocycles. The van der Waals surface area contributed by atoms with E-state index in [2.05, 4.69) is 25.4 Å². The van der Waals surface area contributed by atoms with E-state index in [1.54, 1.807) is 25.1 Å². The van der Waals surface area contributed by atoms with Crippen LogP contribution in [0.2, 0.25) is 0 Å². The van der Waals surface area contributed by atoms with Crippen LogP contribution < -0.4 is 14.6 Å². The first kappa shape index (κ1) is 17.9. The van der Waals surface area contributed by atoms with Gasteiger partial charge in [-0.3, -0.25) is 0 Å². The number of anilines is 1. The van der Waals surface area contributed by atoms with Crippen molar-refractivity contribution in [1.29, 1.82) is 0 Å². The van der Waals surface area contributed by atoms with E-state index >= 15 is 0 Å². The smallest absolute Gasteiger partial charge is 0.306 e. The van der Waals surface area contributed by atoms with Crippen molar-refractivity contribution in [2.24, 2.45) is 0 Å². The highest BCUT2D eigenvalue weighted by molar-refractivity contribution is 5.97. The first-order valence-electron chi connectivity index (χ1n) is 9.83. The molecule has 9 nitrogen and oxygen atoms in total. The molecule has 1 aliphatic rings. The fourth-order valence-electron chi connectivity index (χ4n) is 4.08. The predicted octanol–water partition coefficient (Wildman–Crippen LogP) is 2.46. The molecule has 150 valence electrons. The van der Waals surface area contributed by atoms with Crippen LogP contribution in [-0.4, -0.2) is 51.4 Å². The quantitative estimate of drug-likeness (QED) is 0.449. The molecule has 9 heteroatoms. The molecule has 0 amide bonds. The number of ether oxygens (including phenoxy) is 2. The minimum atomic E-state index is 0.344. The summed E-state index contributed by atoms with van der Waals surface area (Å²) in [5.74, 6) is 1.13. The van der Waals surface area contributed by atoms with Crippen LogP contribution in [0.4, 0.5) is 5.95 Å². The van der Waals surface area contributed by atoms with Crippen LogP contribution in [0, 0.1) is 0 Å². The van der Waals surface area contributed by atoms with Crippen molar-refractivity contribution in [3.8, 4) is 17.0 Å². The van der Waals surface area contributed by atoms with Gasteiger partial charge in [0.1, 0.15) is 11.8 Å². The van der Waals surface area contributed by atoms with Crippen LogP contribution in [-0.2, 0) is 4.74 Å². The molecular weight excluding hydrogens is 370 g/mol. The van der Waals surface area contributed by atoms with Crippen molar-refractivity contribution in [2.75, 3.05) is 19.5 Å². The van der Waals surface area contributed by atoms with Gasteiger partial charge >= 0.3 is 5.65 Å². The largest absolute Gasteiger partial charge is 0.480 e. The summed E-state index contributed by atoms with van der Waals surface area (Å²) in [6, 6.07) is 4.37. The van der Waals surface area contributed by atoms with Gasteiger partial charge in [0.2, 0.25) is 18.2 Å². The van der Waals surface area contributed by atoms with Gasteiger partial charge in [-0.2, -0.15) is 9.97 Å². The first-order valence-corrected chi connectivity index (χ1v) is 9.83. The lowest BCUT2D eigenvalue weighted by atomic mass is 9.93. The highest BCUT2D eigenvalue weighted by atomic mass is 16.5. The molecule has 4 aromatic rings. The lowest BCUT2D eigenvalue weighted by molar-refractivity contribution is -0.576. The Hall–Kier alpha value is -3.20. The van der Waals surface area contributed by atoms with Gasteiger partial charge in [-0.1, -0.05) is 0 Å². The van der Waals surface area contributed by atoms with Crippen LogP contribution in [0.1, 0.15) is 25.7 Å². The maximum Gasteiger partial charge on any atom is 0.306 e. The zero-order valence-corrected chi connectivity index (χ0v) is 16.5. The topological polar surface area (TPSA) is 105 Å².